The molecule has 0 spiro atoms. The number of nitrogens with zero attached hydrogens (tertiary/aromatic N) is 1. The van der Waals surface area contributed by atoms with Crippen LogP contribution in [0.1, 0.15) is 16.7 Å². The van der Waals surface area contributed by atoms with E-state index in [1.54, 1.807) is 43.3 Å². The summed E-state index contributed by atoms with van der Waals surface area (Å²) in [5, 5.41) is 9.87. The number of sulfonamides is 1. The van der Waals surface area contributed by atoms with Crippen molar-refractivity contribution in [1.82, 2.24) is 4.72 Å². The fraction of sp³-hybridized carbons (Fsp3) is 0.176. The SMILES string of the molecule is Cc1cc(Cl)cc(Cc2ccc(N3C=C(O)NS3(=O)=O)cc2)c1NS(C)(=O)=O. The Hall–Kier alpha value is -2.43. The molecule has 0 amide bonds. The van der Waals surface area contributed by atoms with Crippen molar-refractivity contribution in [3.8, 4) is 0 Å². The van der Waals surface area contributed by atoms with Crippen LogP contribution in [0.5, 0.6) is 0 Å². The first-order valence-corrected chi connectivity index (χ1v) is 11.7. The number of aliphatic hydroxyl groups is 1. The Bertz CT molecular complexity index is 1160. The molecule has 0 fully saturated rings. The largest absolute Gasteiger partial charge is 0.493 e. The maximum absolute atomic E-state index is 11.9. The van der Waals surface area contributed by atoms with Gasteiger partial charge in [-0.25, -0.2) is 17.4 Å². The summed E-state index contributed by atoms with van der Waals surface area (Å²) >= 11 is 6.13. The predicted molar refractivity (Wildman–Crippen MR) is 109 cm³/mol. The molecule has 1 aliphatic heterocycles. The van der Waals surface area contributed by atoms with Crippen molar-refractivity contribution in [2.75, 3.05) is 15.3 Å². The summed E-state index contributed by atoms with van der Waals surface area (Å²) in [4.78, 5) is 0. The Morgan fingerprint density at radius 2 is 1.86 bits per heavy atom. The molecular formula is C17H18ClN3O5S2. The van der Waals surface area contributed by atoms with Gasteiger partial charge in [-0.1, -0.05) is 23.7 Å². The molecular weight excluding hydrogens is 426 g/mol. The lowest BCUT2D eigenvalue weighted by Crippen LogP contribution is -2.29. The van der Waals surface area contributed by atoms with Gasteiger partial charge in [0.05, 0.1) is 23.8 Å². The van der Waals surface area contributed by atoms with Gasteiger partial charge in [-0.15, -0.1) is 0 Å². The number of aliphatic hydroxyl groups excluding tert-OH is 1. The topological polar surface area (TPSA) is 116 Å². The molecule has 1 aliphatic rings. The Labute approximate surface area is 168 Å². The number of aryl methyl sites for hydroxylation is 1. The van der Waals surface area contributed by atoms with E-state index >= 15 is 0 Å². The number of benzene rings is 2. The van der Waals surface area contributed by atoms with Crippen LogP contribution in [0.15, 0.2) is 48.5 Å². The number of hydrogen-bond acceptors (Lipinski definition) is 5. The standard InChI is InChI=1S/C17H18ClN3O5S2/c1-11-7-14(18)9-13(17(11)20-27(2,23)24)8-12-3-5-15(6-4-12)21-10-16(22)19-28(21,25)26/h3-7,9-10,19-20,22H,8H2,1-2H3. The number of anilines is 2. The molecule has 3 rings (SSSR count). The van der Waals surface area contributed by atoms with Gasteiger partial charge in [0.1, 0.15) is 0 Å². The van der Waals surface area contributed by atoms with Crippen molar-refractivity contribution in [3.05, 3.63) is 70.2 Å². The highest BCUT2D eigenvalue weighted by atomic mass is 35.5. The Morgan fingerprint density at radius 1 is 1.21 bits per heavy atom. The Balaban J connectivity index is 1.91. The zero-order chi connectivity index (χ0) is 20.7. The highest BCUT2D eigenvalue weighted by Gasteiger charge is 2.28. The summed E-state index contributed by atoms with van der Waals surface area (Å²) in [6, 6.07) is 9.97. The summed E-state index contributed by atoms with van der Waals surface area (Å²) in [5.74, 6) is -0.463. The van der Waals surface area contributed by atoms with E-state index < -0.39 is 26.1 Å². The molecule has 2 aromatic rings. The summed E-state index contributed by atoms with van der Waals surface area (Å²) < 4.78 is 52.6. The van der Waals surface area contributed by atoms with Gasteiger partial charge in [-0.3, -0.25) is 4.72 Å². The molecule has 150 valence electrons. The van der Waals surface area contributed by atoms with Crippen molar-refractivity contribution in [3.63, 3.8) is 0 Å². The Kier molecular flexibility index (Phi) is 5.22. The van der Waals surface area contributed by atoms with Crippen LogP contribution >= 0.6 is 11.6 Å². The summed E-state index contributed by atoms with van der Waals surface area (Å²) in [6.45, 7) is 1.76. The molecule has 1 heterocycles. The second-order valence-corrected chi connectivity index (χ2v) is 10.1. The number of hydrogen-bond donors (Lipinski definition) is 3. The van der Waals surface area contributed by atoms with Gasteiger partial charge >= 0.3 is 10.2 Å². The second-order valence-electron chi connectivity index (χ2n) is 6.39. The molecule has 0 unspecified atom stereocenters. The minimum Gasteiger partial charge on any atom is -0.493 e. The smallest absolute Gasteiger partial charge is 0.330 e. The minimum atomic E-state index is -3.85. The molecule has 0 saturated heterocycles. The molecule has 0 bridgehead atoms. The van der Waals surface area contributed by atoms with Crippen molar-refractivity contribution in [2.45, 2.75) is 13.3 Å². The lowest BCUT2D eigenvalue weighted by molar-refractivity contribution is 0.392. The molecule has 28 heavy (non-hydrogen) atoms. The van der Waals surface area contributed by atoms with E-state index in [1.165, 1.54) is 0 Å². The first-order valence-electron chi connectivity index (χ1n) is 8.03. The normalized spacial score (nSPS) is 15.8. The van der Waals surface area contributed by atoms with E-state index in [2.05, 4.69) is 4.72 Å². The van der Waals surface area contributed by atoms with Gasteiger partial charge in [-0.05, 0) is 54.3 Å². The van der Waals surface area contributed by atoms with E-state index in [0.29, 0.717) is 33.9 Å². The summed E-state index contributed by atoms with van der Waals surface area (Å²) in [5.41, 5.74) is 3.02. The van der Waals surface area contributed by atoms with Gasteiger partial charge in [0, 0.05) is 5.02 Å². The molecule has 3 N–H and O–H groups in total. The molecule has 0 aromatic heterocycles. The quantitative estimate of drug-likeness (QED) is 0.656. The minimum absolute atomic E-state index is 0.344. The van der Waals surface area contributed by atoms with Gasteiger partial charge in [-0.2, -0.15) is 8.42 Å². The summed E-state index contributed by atoms with van der Waals surface area (Å²) in [6.07, 6.45) is 2.53. The highest BCUT2D eigenvalue weighted by Crippen LogP contribution is 2.29. The third kappa shape index (κ3) is 4.51. The van der Waals surface area contributed by atoms with Gasteiger partial charge in [0.25, 0.3) is 0 Å². The van der Waals surface area contributed by atoms with Crippen LogP contribution < -0.4 is 13.7 Å². The average Bonchev–Trinajstić information content (AvgIpc) is 2.83. The molecule has 0 atom stereocenters. The van der Waals surface area contributed by atoms with Crippen LogP contribution in [0.3, 0.4) is 0 Å². The van der Waals surface area contributed by atoms with Crippen molar-refractivity contribution >= 4 is 43.2 Å². The van der Waals surface area contributed by atoms with Gasteiger partial charge in [0.2, 0.25) is 15.9 Å². The van der Waals surface area contributed by atoms with E-state index in [0.717, 1.165) is 22.3 Å². The first kappa shape index (κ1) is 20.3. The van der Waals surface area contributed by atoms with Crippen LogP contribution in [-0.2, 0) is 26.7 Å². The zero-order valence-corrected chi connectivity index (χ0v) is 17.4. The van der Waals surface area contributed by atoms with Crippen molar-refractivity contribution in [2.24, 2.45) is 0 Å². The number of rotatable bonds is 5. The highest BCUT2D eigenvalue weighted by molar-refractivity contribution is 7.92. The van der Waals surface area contributed by atoms with Crippen LogP contribution in [0.4, 0.5) is 11.4 Å². The van der Waals surface area contributed by atoms with Crippen LogP contribution in [0.2, 0.25) is 5.02 Å². The molecule has 0 saturated carbocycles. The lowest BCUT2D eigenvalue weighted by Gasteiger charge is -2.16. The molecule has 11 heteroatoms. The molecule has 0 radical (unpaired) electrons. The zero-order valence-electron chi connectivity index (χ0n) is 15.0. The third-order valence-corrected chi connectivity index (χ3v) is 6.08. The van der Waals surface area contributed by atoms with E-state index in [4.69, 9.17) is 11.6 Å². The first-order chi connectivity index (χ1) is 12.9. The maximum atomic E-state index is 11.9. The van der Waals surface area contributed by atoms with Crippen LogP contribution in [0.25, 0.3) is 0 Å². The van der Waals surface area contributed by atoms with E-state index in [9.17, 15) is 21.9 Å². The van der Waals surface area contributed by atoms with Crippen molar-refractivity contribution in [1.29, 1.82) is 0 Å². The maximum Gasteiger partial charge on any atom is 0.330 e. The van der Waals surface area contributed by atoms with Crippen molar-refractivity contribution < 1.29 is 21.9 Å². The van der Waals surface area contributed by atoms with E-state index in [-0.39, 0.29) is 0 Å². The molecule has 2 aromatic carbocycles. The van der Waals surface area contributed by atoms with Gasteiger partial charge in [0.15, 0.2) is 0 Å². The Morgan fingerprint density at radius 3 is 2.39 bits per heavy atom. The fourth-order valence-electron chi connectivity index (χ4n) is 2.87. The monoisotopic (exact) mass is 443 g/mol. The molecule has 8 nitrogen and oxygen atoms in total. The fourth-order valence-corrected chi connectivity index (χ4v) is 4.88. The molecule has 0 aliphatic carbocycles. The second kappa shape index (κ2) is 7.19. The van der Waals surface area contributed by atoms with Crippen LogP contribution in [0, 0.1) is 6.92 Å². The number of halogens is 1. The van der Waals surface area contributed by atoms with Crippen LogP contribution in [-0.4, -0.2) is 28.2 Å². The van der Waals surface area contributed by atoms with E-state index in [1.807, 2.05) is 4.72 Å². The lowest BCUT2D eigenvalue weighted by atomic mass is 10.0. The average molecular weight is 444 g/mol. The van der Waals surface area contributed by atoms with Gasteiger partial charge < -0.3 is 5.11 Å². The summed E-state index contributed by atoms with van der Waals surface area (Å²) in [7, 11) is -7.32. The predicted octanol–water partition coefficient (Wildman–Crippen LogP) is 2.62. The number of nitrogens with one attached hydrogen (secondary N) is 2. The third-order valence-electron chi connectivity index (χ3n) is 3.99.